The number of hydrogen-bond donors (Lipinski definition) is 1. The van der Waals surface area contributed by atoms with Gasteiger partial charge in [0, 0.05) is 13.1 Å². The zero-order valence-electron chi connectivity index (χ0n) is 7.56. The average molecular weight is 178 g/mol. The molecule has 1 unspecified atom stereocenters. The lowest BCUT2D eigenvalue weighted by molar-refractivity contribution is 0.602. The maximum Gasteiger partial charge on any atom is 0.115 e. The van der Waals surface area contributed by atoms with Crippen molar-refractivity contribution in [3.63, 3.8) is 0 Å². The van der Waals surface area contributed by atoms with E-state index in [1.807, 2.05) is 12.4 Å². The molecule has 0 aromatic carbocycles. The van der Waals surface area contributed by atoms with Gasteiger partial charge < -0.3 is 10.6 Å². The zero-order chi connectivity index (χ0) is 9.10. The number of rotatable bonds is 2. The molecule has 2 rings (SSSR count). The molecular formula is C9H14N4. The third-order valence-electron chi connectivity index (χ3n) is 2.53. The van der Waals surface area contributed by atoms with Crippen molar-refractivity contribution in [1.29, 1.82) is 0 Å². The van der Waals surface area contributed by atoms with Gasteiger partial charge in [0.05, 0.1) is 18.1 Å². The summed E-state index contributed by atoms with van der Waals surface area (Å²) in [4.78, 5) is 10.3. The molecule has 1 saturated heterocycles. The fraction of sp³-hybridized carbons (Fsp3) is 0.556. The predicted molar refractivity (Wildman–Crippen MR) is 51.4 cm³/mol. The number of nitrogens with two attached hydrogens (primary N) is 1. The summed E-state index contributed by atoms with van der Waals surface area (Å²) in [5.41, 5.74) is 6.73. The van der Waals surface area contributed by atoms with Gasteiger partial charge in [-0.2, -0.15) is 0 Å². The fourth-order valence-corrected chi connectivity index (χ4v) is 1.71. The normalized spacial score (nSPS) is 22.2. The highest BCUT2D eigenvalue weighted by Crippen LogP contribution is 2.21. The molecule has 0 aliphatic carbocycles. The third-order valence-corrected chi connectivity index (χ3v) is 2.53. The van der Waals surface area contributed by atoms with Gasteiger partial charge in [-0.25, -0.2) is 9.97 Å². The van der Waals surface area contributed by atoms with Crippen molar-refractivity contribution in [3.8, 4) is 0 Å². The molecule has 1 aliphatic heterocycles. The van der Waals surface area contributed by atoms with Crippen LogP contribution in [0.3, 0.4) is 0 Å². The zero-order valence-corrected chi connectivity index (χ0v) is 7.56. The number of nitrogens with zero attached hydrogens (tertiary/aromatic N) is 3. The maximum absolute atomic E-state index is 5.62. The van der Waals surface area contributed by atoms with Gasteiger partial charge in [-0.15, -0.1) is 0 Å². The van der Waals surface area contributed by atoms with Gasteiger partial charge >= 0.3 is 0 Å². The molecule has 1 atom stereocenters. The van der Waals surface area contributed by atoms with E-state index in [0.29, 0.717) is 5.92 Å². The highest BCUT2D eigenvalue weighted by molar-refractivity contribution is 5.42. The van der Waals surface area contributed by atoms with E-state index in [9.17, 15) is 0 Å². The molecule has 0 saturated carbocycles. The van der Waals surface area contributed by atoms with Crippen LogP contribution in [0.4, 0.5) is 5.69 Å². The topological polar surface area (TPSA) is 55.0 Å². The van der Waals surface area contributed by atoms with E-state index < -0.39 is 0 Å². The van der Waals surface area contributed by atoms with E-state index in [-0.39, 0.29) is 0 Å². The second-order valence-electron chi connectivity index (χ2n) is 3.43. The van der Waals surface area contributed by atoms with Crippen LogP contribution in [0.15, 0.2) is 18.7 Å². The Morgan fingerprint density at radius 3 is 2.85 bits per heavy atom. The van der Waals surface area contributed by atoms with Crippen molar-refractivity contribution >= 4 is 5.69 Å². The van der Waals surface area contributed by atoms with Crippen molar-refractivity contribution in [2.24, 2.45) is 11.7 Å². The Hall–Kier alpha value is -1.16. The minimum Gasteiger partial charge on any atom is -0.369 e. The van der Waals surface area contributed by atoms with Crippen molar-refractivity contribution in [3.05, 3.63) is 18.7 Å². The van der Waals surface area contributed by atoms with Gasteiger partial charge in [-0.1, -0.05) is 0 Å². The molecule has 0 bridgehead atoms. The third kappa shape index (κ3) is 1.78. The number of aromatic nitrogens is 2. The Morgan fingerprint density at radius 1 is 1.46 bits per heavy atom. The molecule has 1 aliphatic rings. The first-order valence-corrected chi connectivity index (χ1v) is 4.60. The summed E-state index contributed by atoms with van der Waals surface area (Å²) in [5, 5.41) is 0. The van der Waals surface area contributed by atoms with Crippen molar-refractivity contribution in [2.75, 3.05) is 24.5 Å². The van der Waals surface area contributed by atoms with Crippen LogP contribution in [0.25, 0.3) is 0 Å². The van der Waals surface area contributed by atoms with Crippen molar-refractivity contribution < 1.29 is 0 Å². The standard InChI is InChI=1S/C9H14N4/c10-3-8-1-2-13(6-8)9-4-11-7-12-5-9/h4-5,7-8H,1-3,6,10H2. The largest absolute Gasteiger partial charge is 0.369 e. The van der Waals surface area contributed by atoms with Crippen LogP contribution in [0, 0.1) is 5.92 Å². The first-order valence-electron chi connectivity index (χ1n) is 4.60. The van der Waals surface area contributed by atoms with Gasteiger partial charge in [-0.3, -0.25) is 0 Å². The SMILES string of the molecule is NCC1CCN(c2cncnc2)C1. The summed E-state index contributed by atoms with van der Waals surface area (Å²) in [6.45, 7) is 2.91. The molecular weight excluding hydrogens is 164 g/mol. The second-order valence-corrected chi connectivity index (χ2v) is 3.43. The Bertz CT molecular complexity index is 262. The highest BCUT2D eigenvalue weighted by atomic mass is 15.2. The summed E-state index contributed by atoms with van der Waals surface area (Å²) in [6, 6.07) is 0. The molecule has 0 spiro atoms. The second kappa shape index (κ2) is 3.70. The van der Waals surface area contributed by atoms with Gasteiger partial charge in [0.15, 0.2) is 0 Å². The Morgan fingerprint density at radius 2 is 2.23 bits per heavy atom. The van der Waals surface area contributed by atoms with Crippen LogP contribution in [-0.2, 0) is 0 Å². The van der Waals surface area contributed by atoms with Crippen molar-refractivity contribution in [1.82, 2.24) is 9.97 Å². The van der Waals surface area contributed by atoms with E-state index >= 15 is 0 Å². The van der Waals surface area contributed by atoms with Crippen LogP contribution in [0.1, 0.15) is 6.42 Å². The monoisotopic (exact) mass is 178 g/mol. The van der Waals surface area contributed by atoms with E-state index in [1.165, 1.54) is 6.42 Å². The Balaban J connectivity index is 2.04. The highest BCUT2D eigenvalue weighted by Gasteiger charge is 2.21. The lowest BCUT2D eigenvalue weighted by atomic mass is 10.1. The van der Waals surface area contributed by atoms with Crippen LogP contribution in [-0.4, -0.2) is 29.6 Å². The molecule has 4 nitrogen and oxygen atoms in total. The average Bonchev–Trinajstić information content (AvgIpc) is 2.67. The number of anilines is 1. The van der Waals surface area contributed by atoms with Gasteiger partial charge in [-0.05, 0) is 18.9 Å². The van der Waals surface area contributed by atoms with Crippen molar-refractivity contribution in [2.45, 2.75) is 6.42 Å². The molecule has 4 heteroatoms. The maximum atomic E-state index is 5.62. The quantitative estimate of drug-likeness (QED) is 0.706. The molecule has 1 aromatic rings. The van der Waals surface area contributed by atoms with Gasteiger partial charge in [0.1, 0.15) is 6.33 Å². The van der Waals surface area contributed by atoms with Gasteiger partial charge in [0.25, 0.3) is 0 Å². The van der Waals surface area contributed by atoms with Crippen LogP contribution >= 0.6 is 0 Å². The summed E-state index contributed by atoms with van der Waals surface area (Å²) in [5.74, 6) is 0.639. The summed E-state index contributed by atoms with van der Waals surface area (Å²) in [7, 11) is 0. The Labute approximate surface area is 77.8 Å². The summed E-state index contributed by atoms with van der Waals surface area (Å²) < 4.78 is 0. The minimum absolute atomic E-state index is 0.639. The van der Waals surface area contributed by atoms with Crippen LogP contribution in [0.5, 0.6) is 0 Å². The molecule has 13 heavy (non-hydrogen) atoms. The van der Waals surface area contributed by atoms with Crippen LogP contribution < -0.4 is 10.6 Å². The smallest absolute Gasteiger partial charge is 0.115 e. The molecule has 70 valence electrons. The van der Waals surface area contributed by atoms with Gasteiger partial charge in [0.2, 0.25) is 0 Å². The predicted octanol–water partition coefficient (Wildman–Crippen LogP) is 0.262. The molecule has 1 fully saturated rings. The first-order chi connectivity index (χ1) is 6.40. The minimum atomic E-state index is 0.639. The lowest BCUT2D eigenvalue weighted by Gasteiger charge is -2.16. The van der Waals surface area contributed by atoms with E-state index in [1.54, 1.807) is 6.33 Å². The first kappa shape index (κ1) is 8.44. The molecule has 1 aromatic heterocycles. The molecule has 0 amide bonds. The molecule has 0 radical (unpaired) electrons. The molecule has 2 heterocycles. The molecule has 2 N–H and O–H groups in total. The Kier molecular flexibility index (Phi) is 2.40. The number of hydrogen-bond acceptors (Lipinski definition) is 4. The van der Waals surface area contributed by atoms with E-state index in [2.05, 4.69) is 14.9 Å². The van der Waals surface area contributed by atoms with E-state index in [0.717, 1.165) is 25.3 Å². The lowest BCUT2D eigenvalue weighted by Crippen LogP contribution is -2.22. The summed E-state index contributed by atoms with van der Waals surface area (Å²) >= 11 is 0. The van der Waals surface area contributed by atoms with E-state index in [4.69, 9.17) is 5.73 Å². The summed E-state index contributed by atoms with van der Waals surface area (Å²) in [6.07, 6.45) is 6.45. The van der Waals surface area contributed by atoms with Crippen LogP contribution in [0.2, 0.25) is 0 Å². The fourth-order valence-electron chi connectivity index (χ4n) is 1.71.